The van der Waals surface area contributed by atoms with Crippen LogP contribution in [0.3, 0.4) is 0 Å². The summed E-state index contributed by atoms with van der Waals surface area (Å²) in [6.45, 7) is -0.797. The zero-order valence-electron chi connectivity index (χ0n) is 12.7. The summed E-state index contributed by atoms with van der Waals surface area (Å²) in [5.41, 5.74) is -0.0895. The van der Waals surface area contributed by atoms with E-state index in [0.717, 1.165) is 0 Å². The lowest BCUT2D eigenvalue weighted by Gasteiger charge is -2.18. The first-order chi connectivity index (χ1) is 11.6. The molecule has 1 aliphatic heterocycles. The zero-order valence-corrected chi connectivity index (χ0v) is 13.4. The van der Waals surface area contributed by atoms with Gasteiger partial charge >= 0.3 is 12.1 Å². The summed E-state index contributed by atoms with van der Waals surface area (Å²) in [6, 6.07) is 4.54. The molecule has 2 N–H and O–H groups in total. The number of likely N-dealkylation sites (tertiary alicyclic amines) is 1. The van der Waals surface area contributed by atoms with Gasteiger partial charge in [-0.15, -0.1) is 0 Å². The molecule has 1 aromatic heterocycles. The van der Waals surface area contributed by atoms with Gasteiger partial charge < -0.3 is 10.1 Å². The molecule has 1 saturated heterocycles. The van der Waals surface area contributed by atoms with Gasteiger partial charge in [-0.1, -0.05) is 11.6 Å². The number of aromatic nitrogens is 2. The minimum Gasteiger partial charge on any atom is -0.481 e. The topological polar surface area (TPSA) is 86.3 Å². The highest BCUT2D eigenvalue weighted by atomic mass is 35.5. The average Bonchev–Trinajstić information content (AvgIpc) is 2.92. The molecule has 6 nitrogen and oxygen atoms in total. The Morgan fingerprint density at radius 3 is 2.72 bits per heavy atom. The Bertz CT molecular complexity index is 884. The van der Waals surface area contributed by atoms with Crippen molar-refractivity contribution >= 4 is 28.5 Å². The van der Waals surface area contributed by atoms with Gasteiger partial charge in [0.05, 0.1) is 29.3 Å². The van der Waals surface area contributed by atoms with Crippen molar-refractivity contribution in [1.82, 2.24) is 14.9 Å². The quantitative estimate of drug-likeness (QED) is 0.859. The molecule has 2 aromatic rings. The van der Waals surface area contributed by atoms with Crippen LogP contribution in [0.2, 0.25) is 5.02 Å². The van der Waals surface area contributed by atoms with E-state index in [4.69, 9.17) is 16.7 Å². The highest BCUT2D eigenvalue weighted by Crippen LogP contribution is 2.38. The van der Waals surface area contributed by atoms with Crippen LogP contribution >= 0.6 is 11.6 Å². The number of nitrogens with zero attached hydrogens (tertiary/aromatic N) is 2. The first-order valence-electron chi connectivity index (χ1n) is 7.35. The van der Waals surface area contributed by atoms with Crippen LogP contribution in [-0.2, 0) is 11.3 Å². The number of rotatable bonds is 3. The van der Waals surface area contributed by atoms with Crippen LogP contribution in [-0.4, -0.2) is 45.2 Å². The molecule has 0 unspecified atom stereocenters. The number of halogens is 4. The maximum absolute atomic E-state index is 13.0. The summed E-state index contributed by atoms with van der Waals surface area (Å²) in [7, 11) is 0. The third-order valence-electron chi connectivity index (χ3n) is 4.22. The molecular formula is C15H13ClF3N3O3. The Kier molecular flexibility index (Phi) is 4.46. The van der Waals surface area contributed by atoms with Crippen LogP contribution in [0.25, 0.3) is 10.9 Å². The molecule has 2 heterocycles. The predicted octanol–water partition coefficient (Wildman–Crippen LogP) is 2.27. The number of fused-ring (bicyclic) bond motifs is 1. The molecule has 0 bridgehead atoms. The number of aromatic amines is 1. The standard InChI is InChI=1S/C15H13ClF3N3O3/c16-7-1-2-11-8(3-7)13(23)21-12(20-11)6-22-4-9(14(24)25)10(5-22)15(17,18)19/h1-3,9-10H,4-6H2,(H,24,25)(H,20,21,23)/t9-,10-/m1/s1. The second-order valence-corrected chi connectivity index (χ2v) is 6.40. The maximum Gasteiger partial charge on any atom is 0.393 e. The maximum atomic E-state index is 13.0. The fourth-order valence-electron chi connectivity index (χ4n) is 3.04. The fraction of sp³-hybridized carbons (Fsp3) is 0.400. The second kappa shape index (κ2) is 6.30. The lowest BCUT2D eigenvalue weighted by molar-refractivity contribution is -0.188. The average molecular weight is 376 g/mol. The highest BCUT2D eigenvalue weighted by Gasteiger charge is 2.52. The number of aliphatic carboxylic acids is 1. The Morgan fingerprint density at radius 2 is 2.12 bits per heavy atom. The van der Waals surface area contributed by atoms with E-state index >= 15 is 0 Å². The molecule has 25 heavy (non-hydrogen) atoms. The molecular weight excluding hydrogens is 363 g/mol. The fourth-order valence-corrected chi connectivity index (χ4v) is 3.21. The van der Waals surface area contributed by atoms with Crippen LogP contribution < -0.4 is 5.56 Å². The van der Waals surface area contributed by atoms with Gasteiger partial charge in [-0.2, -0.15) is 13.2 Å². The van der Waals surface area contributed by atoms with Gasteiger partial charge in [-0.3, -0.25) is 14.5 Å². The summed E-state index contributed by atoms with van der Waals surface area (Å²) in [5, 5.41) is 9.67. The van der Waals surface area contributed by atoms with Gasteiger partial charge in [0, 0.05) is 18.1 Å². The molecule has 1 fully saturated rings. The lowest BCUT2D eigenvalue weighted by Crippen LogP contribution is -2.33. The molecule has 3 rings (SSSR count). The van der Waals surface area contributed by atoms with Crippen molar-refractivity contribution in [3.8, 4) is 0 Å². The van der Waals surface area contributed by atoms with Crippen molar-refractivity contribution in [2.75, 3.05) is 13.1 Å². The van der Waals surface area contributed by atoms with Crippen LogP contribution in [0.15, 0.2) is 23.0 Å². The predicted molar refractivity (Wildman–Crippen MR) is 83.3 cm³/mol. The molecule has 134 valence electrons. The molecule has 0 spiro atoms. The van der Waals surface area contributed by atoms with Crippen LogP contribution in [0.4, 0.5) is 13.2 Å². The largest absolute Gasteiger partial charge is 0.481 e. The van der Waals surface area contributed by atoms with Crippen LogP contribution in [0, 0.1) is 11.8 Å². The molecule has 0 amide bonds. The SMILES string of the molecule is O=C(O)[C@@H]1CN(Cc2nc3ccc(Cl)cc3c(=O)[nH]2)C[C@H]1C(F)(F)F. The Balaban J connectivity index is 1.85. The molecule has 0 saturated carbocycles. The number of carbonyl (C=O) groups is 1. The van der Waals surface area contributed by atoms with E-state index in [-0.39, 0.29) is 24.3 Å². The number of nitrogens with one attached hydrogen (secondary N) is 1. The van der Waals surface area contributed by atoms with Gasteiger partial charge in [0.2, 0.25) is 0 Å². The summed E-state index contributed by atoms with van der Waals surface area (Å²) in [4.78, 5) is 31.2. The minimum atomic E-state index is -4.60. The van der Waals surface area contributed by atoms with Crippen molar-refractivity contribution in [2.45, 2.75) is 12.7 Å². The number of alkyl halides is 3. The first kappa shape index (κ1) is 17.7. The van der Waals surface area contributed by atoms with Gasteiger partial charge in [0.1, 0.15) is 5.82 Å². The van der Waals surface area contributed by atoms with Crippen molar-refractivity contribution in [1.29, 1.82) is 0 Å². The van der Waals surface area contributed by atoms with Gasteiger partial charge in [-0.05, 0) is 18.2 Å². The Hall–Kier alpha value is -2.13. The van der Waals surface area contributed by atoms with Crippen LogP contribution in [0.1, 0.15) is 5.82 Å². The van der Waals surface area contributed by atoms with E-state index in [2.05, 4.69) is 9.97 Å². The normalized spacial score (nSPS) is 21.8. The Morgan fingerprint density at radius 1 is 1.40 bits per heavy atom. The summed E-state index contributed by atoms with van der Waals surface area (Å²) < 4.78 is 39.1. The number of carboxylic acids is 1. The summed E-state index contributed by atoms with van der Waals surface area (Å²) in [6.07, 6.45) is -4.60. The number of carboxylic acid groups (broad SMARTS) is 1. The van der Waals surface area contributed by atoms with E-state index in [0.29, 0.717) is 10.5 Å². The third kappa shape index (κ3) is 3.62. The van der Waals surface area contributed by atoms with Crippen molar-refractivity contribution in [3.63, 3.8) is 0 Å². The number of benzene rings is 1. The van der Waals surface area contributed by atoms with Crippen LogP contribution in [0.5, 0.6) is 0 Å². The van der Waals surface area contributed by atoms with Crippen molar-refractivity contribution in [3.05, 3.63) is 39.4 Å². The number of hydrogen-bond donors (Lipinski definition) is 2. The molecule has 1 aliphatic rings. The number of hydrogen-bond acceptors (Lipinski definition) is 4. The van der Waals surface area contributed by atoms with E-state index in [9.17, 15) is 22.8 Å². The first-order valence-corrected chi connectivity index (χ1v) is 7.73. The smallest absolute Gasteiger partial charge is 0.393 e. The molecule has 10 heteroatoms. The molecule has 0 radical (unpaired) electrons. The van der Waals surface area contributed by atoms with Crippen molar-refractivity contribution in [2.24, 2.45) is 11.8 Å². The molecule has 2 atom stereocenters. The third-order valence-corrected chi connectivity index (χ3v) is 4.46. The zero-order chi connectivity index (χ0) is 18.4. The summed E-state index contributed by atoms with van der Waals surface area (Å²) >= 11 is 5.82. The molecule has 0 aliphatic carbocycles. The lowest BCUT2D eigenvalue weighted by atomic mass is 9.96. The van der Waals surface area contributed by atoms with Gasteiger partial charge in [0.25, 0.3) is 5.56 Å². The highest BCUT2D eigenvalue weighted by molar-refractivity contribution is 6.31. The van der Waals surface area contributed by atoms with E-state index in [1.54, 1.807) is 12.1 Å². The minimum absolute atomic E-state index is 0.0792. The van der Waals surface area contributed by atoms with Crippen molar-refractivity contribution < 1.29 is 23.1 Å². The summed E-state index contributed by atoms with van der Waals surface area (Å²) in [5.74, 6) is -4.80. The van der Waals surface area contributed by atoms with Gasteiger partial charge in [-0.25, -0.2) is 4.98 Å². The van der Waals surface area contributed by atoms with E-state index in [1.807, 2.05) is 0 Å². The number of H-pyrrole nitrogens is 1. The van der Waals surface area contributed by atoms with E-state index in [1.165, 1.54) is 11.0 Å². The molecule has 1 aromatic carbocycles. The van der Waals surface area contributed by atoms with E-state index < -0.39 is 36.1 Å². The van der Waals surface area contributed by atoms with Gasteiger partial charge in [0.15, 0.2) is 0 Å². The monoisotopic (exact) mass is 375 g/mol. The second-order valence-electron chi connectivity index (χ2n) is 5.96. The Labute approximate surface area is 144 Å².